The zero-order valence-electron chi connectivity index (χ0n) is 22.0. The van der Waals surface area contributed by atoms with Crippen LogP contribution in [0.3, 0.4) is 0 Å². The quantitative estimate of drug-likeness (QED) is 0.152. The van der Waals surface area contributed by atoms with E-state index in [9.17, 15) is 0 Å². The van der Waals surface area contributed by atoms with Crippen LogP contribution in [-0.4, -0.2) is 29.9 Å². The maximum atomic E-state index is 4.95. The summed E-state index contributed by atoms with van der Waals surface area (Å²) in [5.41, 5.74) is 5.78. The van der Waals surface area contributed by atoms with Crippen molar-refractivity contribution >= 4 is 62.5 Å². The Balaban J connectivity index is 0.000000892. The SMILES string of the molecule is [Cl][Nb][Cl].c1ccc2c(c1)-c1nc-2nc2[n-]c(nc3nc(nc4[n-]c(n1)c1ccccc41)-c1ccccc1-3)c1ccccc21. The Morgan fingerprint density at radius 1 is 0.372 bits per heavy atom. The van der Waals surface area contributed by atoms with Crippen LogP contribution in [0.4, 0.5) is 0 Å². The van der Waals surface area contributed by atoms with E-state index in [0.717, 1.165) is 43.8 Å². The van der Waals surface area contributed by atoms with E-state index in [0.29, 0.717) is 45.9 Å². The van der Waals surface area contributed by atoms with Crippen molar-refractivity contribution < 1.29 is 17.6 Å². The molecule has 0 amide bonds. The predicted molar refractivity (Wildman–Crippen MR) is 166 cm³/mol. The number of aromatic nitrogens is 8. The Bertz CT molecular complexity index is 2060. The zero-order chi connectivity index (χ0) is 28.9. The molecule has 0 N–H and O–H groups in total. The molecule has 2 aliphatic heterocycles. The van der Waals surface area contributed by atoms with Crippen LogP contribution in [0, 0.1) is 0 Å². The molecule has 8 nitrogen and oxygen atoms in total. The van der Waals surface area contributed by atoms with Gasteiger partial charge >= 0.3 is 36.0 Å². The number of nitrogens with zero attached hydrogens (tertiary/aromatic N) is 8. The number of hydrogen-bond donors (Lipinski definition) is 0. The van der Waals surface area contributed by atoms with Crippen molar-refractivity contribution in [3.63, 3.8) is 0 Å². The van der Waals surface area contributed by atoms with Gasteiger partial charge in [-0.1, -0.05) is 97.1 Å². The minimum Gasteiger partial charge on any atom is -0.357 e. The Morgan fingerprint density at radius 3 is 0.860 bits per heavy atom. The molecular weight excluding hydrogens is 660 g/mol. The molecule has 0 spiro atoms. The number of halogens is 2. The molecule has 11 heteroatoms. The second-order valence-corrected chi connectivity index (χ2v) is 13.1. The summed E-state index contributed by atoms with van der Waals surface area (Å²) in [6, 6.07) is 31.8. The van der Waals surface area contributed by atoms with Crippen LogP contribution < -0.4 is 9.97 Å². The van der Waals surface area contributed by atoms with Gasteiger partial charge in [0.25, 0.3) is 0 Å². The summed E-state index contributed by atoms with van der Waals surface area (Å²) in [6.45, 7) is 0. The van der Waals surface area contributed by atoms with Crippen LogP contribution in [0.25, 0.3) is 89.7 Å². The Kier molecular flexibility index (Phi) is 6.51. The monoisotopic (exact) mass is 675 g/mol. The molecule has 9 rings (SSSR count). The van der Waals surface area contributed by atoms with E-state index in [1.165, 1.54) is 0 Å². The van der Waals surface area contributed by atoms with Crippen molar-refractivity contribution in [2.45, 2.75) is 0 Å². The molecule has 0 aliphatic carbocycles. The van der Waals surface area contributed by atoms with Gasteiger partial charge in [-0.2, -0.15) is 0 Å². The normalized spacial score (nSPS) is 11.5. The van der Waals surface area contributed by atoms with Crippen LogP contribution in [0.1, 0.15) is 0 Å². The van der Waals surface area contributed by atoms with Gasteiger partial charge in [-0.05, 0) is 21.5 Å². The summed E-state index contributed by atoms with van der Waals surface area (Å²) in [4.78, 5) is 39.3. The van der Waals surface area contributed by atoms with Gasteiger partial charge in [-0.25, -0.2) is 9.97 Å². The third-order valence-electron chi connectivity index (χ3n) is 7.33. The second-order valence-electron chi connectivity index (χ2n) is 9.73. The van der Waals surface area contributed by atoms with Gasteiger partial charge < -0.3 is 29.9 Å². The standard InChI is InChI=1S/C32H16N8.2ClH.Nb/c1-2-10-18-17(9-1)25-33-26(18)38-28-21-13-5-6-14-22(21)30(35-28)40-32-24-16-8-7-15-23(24)31(36-32)39-29-20-12-4-3-11-19(20)27(34-29)37-25;;;/h1-16H;2*1H;/q-2;;;+2/p-2. The molecule has 0 atom stereocenters. The van der Waals surface area contributed by atoms with Gasteiger partial charge in [0.1, 0.15) is 0 Å². The molecule has 43 heavy (non-hydrogen) atoms. The third kappa shape index (κ3) is 4.43. The van der Waals surface area contributed by atoms with Crippen LogP contribution in [0.2, 0.25) is 0 Å². The van der Waals surface area contributed by atoms with Crippen molar-refractivity contribution in [1.82, 2.24) is 39.9 Å². The summed E-state index contributed by atoms with van der Waals surface area (Å²) in [5, 5.41) is 3.57. The molecule has 0 saturated heterocycles. The summed E-state index contributed by atoms with van der Waals surface area (Å²) < 4.78 is 0. The van der Waals surface area contributed by atoms with Crippen molar-refractivity contribution in [1.29, 1.82) is 0 Å². The molecule has 0 unspecified atom stereocenters. The van der Waals surface area contributed by atoms with Crippen LogP contribution in [-0.2, 0) is 17.6 Å². The molecule has 0 saturated carbocycles. The first kappa shape index (κ1) is 26.2. The smallest absolute Gasteiger partial charge is 0.0927 e. The topological polar surface area (TPSA) is 106 Å². The molecular formula is C32H16Cl2N8Nb-2. The van der Waals surface area contributed by atoms with E-state index in [4.69, 9.17) is 58.3 Å². The minimum atomic E-state index is -0.706. The number of rotatable bonds is 0. The van der Waals surface area contributed by atoms with Gasteiger partial charge in [0, 0.05) is 44.8 Å². The van der Waals surface area contributed by atoms with Crippen molar-refractivity contribution in [3.05, 3.63) is 97.1 Å². The van der Waals surface area contributed by atoms with Crippen LogP contribution >= 0.6 is 18.4 Å². The van der Waals surface area contributed by atoms with E-state index in [1.807, 2.05) is 97.1 Å². The zero-order valence-corrected chi connectivity index (χ0v) is 25.7. The van der Waals surface area contributed by atoms with Crippen LogP contribution in [0.15, 0.2) is 97.1 Å². The van der Waals surface area contributed by atoms with Crippen LogP contribution in [0.5, 0.6) is 0 Å². The van der Waals surface area contributed by atoms with E-state index < -0.39 is 17.6 Å². The molecule has 3 aromatic heterocycles. The molecule has 205 valence electrons. The molecule has 4 aromatic carbocycles. The maximum Gasteiger partial charge on any atom is 0.0927 e. The molecule has 8 bridgehead atoms. The third-order valence-corrected chi connectivity index (χ3v) is 7.33. The fraction of sp³-hybridized carbons (Fsp3) is 0. The summed E-state index contributed by atoms with van der Waals surface area (Å²) in [7, 11) is 9.83. The van der Waals surface area contributed by atoms with Gasteiger partial charge in [-0.15, -0.1) is 0 Å². The molecule has 2 aliphatic rings. The maximum absolute atomic E-state index is 4.95. The summed E-state index contributed by atoms with van der Waals surface area (Å²) in [5.74, 6) is 2.21. The fourth-order valence-corrected chi connectivity index (χ4v) is 5.46. The fourth-order valence-electron chi connectivity index (χ4n) is 5.46. The molecule has 0 fully saturated rings. The van der Waals surface area contributed by atoms with Crippen molar-refractivity contribution in [3.8, 4) is 45.6 Å². The molecule has 7 aromatic rings. The summed E-state index contributed by atoms with van der Waals surface area (Å²) in [6.07, 6.45) is 0. The molecule has 0 radical (unpaired) electrons. The first-order valence-electron chi connectivity index (χ1n) is 13.2. The average molecular weight is 676 g/mol. The van der Waals surface area contributed by atoms with Gasteiger partial charge in [0.2, 0.25) is 0 Å². The first-order valence-corrected chi connectivity index (χ1v) is 18.9. The second kappa shape index (κ2) is 10.7. The van der Waals surface area contributed by atoms with Crippen molar-refractivity contribution in [2.24, 2.45) is 0 Å². The predicted octanol–water partition coefficient (Wildman–Crippen LogP) is 7.50. The van der Waals surface area contributed by atoms with Gasteiger partial charge in [-0.3, -0.25) is 0 Å². The Morgan fingerprint density at radius 2 is 0.605 bits per heavy atom. The first-order chi connectivity index (χ1) is 21.2. The average Bonchev–Trinajstić information content (AvgIpc) is 3.77. The van der Waals surface area contributed by atoms with E-state index in [-0.39, 0.29) is 0 Å². The molecule has 5 heterocycles. The Hall–Kier alpha value is -4.44. The van der Waals surface area contributed by atoms with E-state index in [1.54, 1.807) is 0 Å². The summed E-state index contributed by atoms with van der Waals surface area (Å²) >= 11 is -0.706. The number of hydrogen-bond acceptors (Lipinski definition) is 6. The van der Waals surface area contributed by atoms with Crippen molar-refractivity contribution in [2.75, 3.05) is 0 Å². The largest absolute Gasteiger partial charge is 0.357 e. The number of fused-ring (bicyclic) bond motifs is 20. The van der Waals surface area contributed by atoms with E-state index >= 15 is 0 Å². The Labute approximate surface area is 261 Å². The minimum absolute atomic E-state index is 0.552. The van der Waals surface area contributed by atoms with E-state index in [2.05, 4.69) is 0 Å². The number of benzene rings is 4. The van der Waals surface area contributed by atoms with Gasteiger partial charge in [0.15, 0.2) is 0 Å². The van der Waals surface area contributed by atoms with Gasteiger partial charge in [0.05, 0.1) is 23.3 Å².